The van der Waals surface area contributed by atoms with Crippen LogP contribution in [-0.4, -0.2) is 0 Å². The Hall–Kier alpha value is -1.76. The summed E-state index contributed by atoms with van der Waals surface area (Å²) in [6, 6.07) is 14.9. The van der Waals surface area contributed by atoms with Gasteiger partial charge in [0.25, 0.3) is 0 Å². The van der Waals surface area contributed by atoms with Crippen LogP contribution >= 0.6 is 0 Å². The van der Waals surface area contributed by atoms with E-state index in [1.54, 1.807) is 0 Å². The second-order valence-electron chi connectivity index (χ2n) is 4.53. The van der Waals surface area contributed by atoms with Crippen molar-refractivity contribution in [3.63, 3.8) is 0 Å². The summed E-state index contributed by atoms with van der Waals surface area (Å²) in [6.45, 7) is 7.35. The first-order valence-electron chi connectivity index (χ1n) is 6.03. The maximum Gasteiger partial charge on any atom is 0.0403 e. The summed E-state index contributed by atoms with van der Waals surface area (Å²) in [7, 11) is 0. The largest absolute Gasteiger partial charge is 0.381 e. The minimum atomic E-state index is 0.886. The van der Waals surface area contributed by atoms with Gasteiger partial charge in [-0.25, -0.2) is 0 Å². The Kier molecular flexibility index (Phi) is 3.48. The second-order valence-corrected chi connectivity index (χ2v) is 4.53. The minimum Gasteiger partial charge on any atom is -0.381 e. The van der Waals surface area contributed by atoms with Crippen molar-refractivity contribution < 1.29 is 0 Å². The van der Waals surface area contributed by atoms with Gasteiger partial charge in [-0.2, -0.15) is 0 Å². The first-order chi connectivity index (χ1) is 8.18. The monoisotopic (exact) mass is 225 g/mol. The Bertz CT molecular complexity index is 515. The van der Waals surface area contributed by atoms with Gasteiger partial charge in [0.2, 0.25) is 0 Å². The second kappa shape index (κ2) is 5.05. The highest BCUT2D eigenvalue weighted by Gasteiger charge is 2.01. The van der Waals surface area contributed by atoms with Crippen LogP contribution in [0.15, 0.2) is 42.5 Å². The maximum absolute atomic E-state index is 3.51. The summed E-state index contributed by atoms with van der Waals surface area (Å²) < 4.78 is 0. The molecule has 2 aromatic rings. The maximum atomic E-state index is 3.51. The summed E-state index contributed by atoms with van der Waals surface area (Å²) in [5, 5.41) is 3.51. The molecule has 0 saturated carbocycles. The minimum absolute atomic E-state index is 0.886. The van der Waals surface area contributed by atoms with Gasteiger partial charge in [-0.1, -0.05) is 36.4 Å². The van der Waals surface area contributed by atoms with Gasteiger partial charge in [-0.3, -0.25) is 0 Å². The molecular formula is C16H19N. The summed E-state index contributed by atoms with van der Waals surface area (Å²) in [5.74, 6) is 0. The fraction of sp³-hybridized carbons (Fsp3) is 0.250. The van der Waals surface area contributed by atoms with Crippen LogP contribution in [0.4, 0.5) is 5.69 Å². The van der Waals surface area contributed by atoms with E-state index >= 15 is 0 Å². The number of aryl methyl sites for hydroxylation is 2. The summed E-state index contributed by atoms with van der Waals surface area (Å²) >= 11 is 0. The predicted octanol–water partition coefficient (Wildman–Crippen LogP) is 4.22. The van der Waals surface area contributed by atoms with Crippen LogP contribution < -0.4 is 5.32 Å². The molecule has 1 heteroatoms. The molecule has 0 aliphatic heterocycles. The lowest BCUT2D eigenvalue weighted by Gasteiger charge is -2.12. The number of rotatable bonds is 3. The van der Waals surface area contributed by atoms with Gasteiger partial charge in [0.1, 0.15) is 0 Å². The fourth-order valence-electron chi connectivity index (χ4n) is 1.94. The van der Waals surface area contributed by atoms with Crippen molar-refractivity contribution >= 4 is 5.69 Å². The van der Waals surface area contributed by atoms with E-state index in [0.717, 1.165) is 6.54 Å². The zero-order valence-corrected chi connectivity index (χ0v) is 10.7. The third-order valence-corrected chi connectivity index (χ3v) is 3.34. The molecule has 0 spiro atoms. The summed E-state index contributed by atoms with van der Waals surface area (Å²) in [6.07, 6.45) is 0. The van der Waals surface area contributed by atoms with E-state index in [0.29, 0.717) is 0 Å². The van der Waals surface area contributed by atoms with Crippen LogP contribution in [0.2, 0.25) is 0 Å². The molecule has 0 fully saturated rings. The van der Waals surface area contributed by atoms with Crippen LogP contribution in [0.5, 0.6) is 0 Å². The van der Waals surface area contributed by atoms with Gasteiger partial charge in [0.15, 0.2) is 0 Å². The Morgan fingerprint density at radius 1 is 0.824 bits per heavy atom. The molecule has 2 rings (SSSR count). The molecule has 0 bridgehead atoms. The molecule has 88 valence electrons. The van der Waals surface area contributed by atoms with Gasteiger partial charge in [0, 0.05) is 12.2 Å². The normalized spacial score (nSPS) is 10.3. The molecule has 0 atom stereocenters. The summed E-state index contributed by atoms with van der Waals surface area (Å²) in [4.78, 5) is 0. The molecule has 0 unspecified atom stereocenters. The third kappa shape index (κ3) is 2.68. The van der Waals surface area contributed by atoms with Crippen LogP contribution in [0, 0.1) is 20.8 Å². The van der Waals surface area contributed by atoms with Gasteiger partial charge in [0.05, 0.1) is 0 Å². The highest BCUT2D eigenvalue weighted by Crippen LogP contribution is 2.19. The predicted molar refractivity (Wildman–Crippen MR) is 74.4 cm³/mol. The molecule has 1 N–H and O–H groups in total. The number of nitrogens with one attached hydrogen (secondary N) is 1. The molecule has 17 heavy (non-hydrogen) atoms. The topological polar surface area (TPSA) is 12.0 Å². The number of benzene rings is 2. The molecule has 0 heterocycles. The van der Waals surface area contributed by atoms with E-state index in [4.69, 9.17) is 0 Å². The van der Waals surface area contributed by atoms with Crippen molar-refractivity contribution in [3.8, 4) is 0 Å². The zero-order valence-electron chi connectivity index (χ0n) is 10.7. The average Bonchev–Trinajstić information content (AvgIpc) is 2.33. The van der Waals surface area contributed by atoms with Crippen molar-refractivity contribution in [2.75, 3.05) is 5.32 Å². The first kappa shape index (κ1) is 11.7. The van der Waals surface area contributed by atoms with Crippen molar-refractivity contribution in [1.29, 1.82) is 0 Å². The lowest BCUT2D eigenvalue weighted by molar-refractivity contribution is 1.11. The summed E-state index contributed by atoms with van der Waals surface area (Å²) in [5.41, 5.74) is 6.59. The third-order valence-electron chi connectivity index (χ3n) is 3.34. The van der Waals surface area contributed by atoms with Crippen molar-refractivity contribution in [1.82, 2.24) is 0 Å². The van der Waals surface area contributed by atoms with Gasteiger partial charge < -0.3 is 5.32 Å². The lowest BCUT2D eigenvalue weighted by atomic mass is 10.1. The molecule has 0 amide bonds. The van der Waals surface area contributed by atoms with Crippen LogP contribution in [0.1, 0.15) is 22.3 Å². The van der Waals surface area contributed by atoms with Crippen LogP contribution in [0.3, 0.4) is 0 Å². The number of hydrogen-bond acceptors (Lipinski definition) is 1. The van der Waals surface area contributed by atoms with Crippen molar-refractivity contribution in [2.45, 2.75) is 27.3 Å². The van der Waals surface area contributed by atoms with E-state index in [-0.39, 0.29) is 0 Å². The highest BCUT2D eigenvalue weighted by atomic mass is 14.9. The SMILES string of the molecule is Cc1ccccc1CNc1cccc(C)c1C. The van der Waals surface area contributed by atoms with E-state index in [1.165, 1.54) is 27.9 Å². The Balaban J connectivity index is 2.13. The molecule has 1 nitrogen and oxygen atoms in total. The Morgan fingerprint density at radius 3 is 2.29 bits per heavy atom. The van der Waals surface area contributed by atoms with Crippen molar-refractivity contribution in [3.05, 3.63) is 64.7 Å². The Morgan fingerprint density at radius 2 is 1.53 bits per heavy atom. The molecule has 0 aromatic heterocycles. The molecule has 0 aliphatic carbocycles. The van der Waals surface area contributed by atoms with E-state index in [2.05, 4.69) is 68.6 Å². The van der Waals surface area contributed by atoms with E-state index in [9.17, 15) is 0 Å². The van der Waals surface area contributed by atoms with Crippen molar-refractivity contribution in [2.24, 2.45) is 0 Å². The first-order valence-corrected chi connectivity index (χ1v) is 6.03. The smallest absolute Gasteiger partial charge is 0.0403 e. The average molecular weight is 225 g/mol. The van der Waals surface area contributed by atoms with E-state index < -0.39 is 0 Å². The standard InChI is InChI=1S/C16H19N/c1-12-8-6-10-16(14(12)3)17-11-15-9-5-4-7-13(15)2/h4-10,17H,11H2,1-3H3. The van der Waals surface area contributed by atoms with Gasteiger partial charge in [-0.15, -0.1) is 0 Å². The Labute approximate surface area is 103 Å². The molecule has 0 radical (unpaired) electrons. The van der Waals surface area contributed by atoms with Gasteiger partial charge >= 0.3 is 0 Å². The molecular weight excluding hydrogens is 206 g/mol. The fourth-order valence-corrected chi connectivity index (χ4v) is 1.94. The van der Waals surface area contributed by atoms with E-state index in [1.807, 2.05) is 0 Å². The quantitative estimate of drug-likeness (QED) is 0.824. The van der Waals surface area contributed by atoms with Gasteiger partial charge in [-0.05, 0) is 49.1 Å². The lowest BCUT2D eigenvalue weighted by Crippen LogP contribution is -2.03. The van der Waals surface area contributed by atoms with Crippen LogP contribution in [-0.2, 0) is 6.54 Å². The van der Waals surface area contributed by atoms with Crippen LogP contribution in [0.25, 0.3) is 0 Å². The number of hydrogen-bond donors (Lipinski definition) is 1. The zero-order chi connectivity index (χ0) is 12.3. The number of anilines is 1. The molecule has 0 aliphatic rings. The molecule has 0 saturated heterocycles. The molecule has 2 aromatic carbocycles. The highest BCUT2D eigenvalue weighted by molar-refractivity contribution is 5.54.